The lowest BCUT2D eigenvalue weighted by Gasteiger charge is -2.72. The molecule has 49 heavy (non-hydrogen) atoms. The van der Waals surface area contributed by atoms with Crippen molar-refractivity contribution in [3.63, 3.8) is 0 Å². The highest BCUT2D eigenvalue weighted by Crippen LogP contribution is 2.76. The van der Waals surface area contributed by atoms with Gasteiger partial charge in [-0.25, -0.2) is 4.79 Å². The lowest BCUT2D eigenvalue weighted by atomic mass is 9.33. The molecule has 5 heteroatoms. The number of hydrogen-bond donors (Lipinski definition) is 1. The van der Waals surface area contributed by atoms with Crippen molar-refractivity contribution < 1.29 is 14.3 Å². The molecule has 7 aliphatic rings. The van der Waals surface area contributed by atoms with Crippen LogP contribution in [0.25, 0.3) is 5.57 Å². The number of ether oxygens (including phenoxy) is 2. The average molecular weight is 671 g/mol. The Morgan fingerprint density at radius 3 is 2.33 bits per heavy atom. The molecule has 6 fully saturated rings. The predicted molar refractivity (Wildman–Crippen MR) is 198 cm³/mol. The van der Waals surface area contributed by atoms with E-state index in [1.165, 1.54) is 102 Å². The smallest absolute Gasteiger partial charge is 0.337 e. The van der Waals surface area contributed by atoms with Gasteiger partial charge >= 0.3 is 5.97 Å². The minimum absolute atomic E-state index is 0.0867. The predicted octanol–water partition coefficient (Wildman–Crippen LogP) is 9.16. The monoisotopic (exact) mass is 671 g/mol. The highest BCUT2D eigenvalue weighted by atomic mass is 16.5. The Bertz CT molecular complexity index is 1430. The molecule has 2 aliphatic heterocycles. The van der Waals surface area contributed by atoms with Gasteiger partial charge in [-0.05, 0) is 145 Å². The van der Waals surface area contributed by atoms with Gasteiger partial charge in [-0.1, -0.05) is 66.2 Å². The minimum Gasteiger partial charge on any atom is -0.465 e. The number of nitrogens with zero attached hydrogens (tertiary/aromatic N) is 1. The summed E-state index contributed by atoms with van der Waals surface area (Å²) in [7, 11) is 1.46. The molecule has 2 saturated heterocycles. The van der Waals surface area contributed by atoms with Crippen LogP contribution in [0.4, 0.5) is 0 Å². The summed E-state index contributed by atoms with van der Waals surface area (Å²) in [6, 6.07) is 9.49. The Balaban J connectivity index is 1.03. The van der Waals surface area contributed by atoms with E-state index in [1.54, 1.807) is 0 Å². The van der Waals surface area contributed by atoms with Crippen molar-refractivity contribution >= 4 is 11.5 Å². The van der Waals surface area contributed by atoms with E-state index >= 15 is 0 Å². The van der Waals surface area contributed by atoms with E-state index in [2.05, 4.69) is 70.0 Å². The second-order valence-corrected chi connectivity index (χ2v) is 19.4. The van der Waals surface area contributed by atoms with Crippen molar-refractivity contribution in [2.45, 2.75) is 136 Å². The number of nitrogens with one attached hydrogen (secondary N) is 1. The third-order valence-corrected chi connectivity index (χ3v) is 17.4. The molecule has 5 nitrogen and oxygen atoms in total. The Labute approximate surface area is 297 Å². The number of hydrogen-bond acceptors (Lipinski definition) is 5. The van der Waals surface area contributed by atoms with Gasteiger partial charge in [-0.15, -0.1) is 0 Å². The maximum absolute atomic E-state index is 12.1. The van der Waals surface area contributed by atoms with Crippen LogP contribution in [0.15, 0.2) is 30.3 Å². The van der Waals surface area contributed by atoms with E-state index in [0.29, 0.717) is 45.3 Å². The summed E-state index contributed by atoms with van der Waals surface area (Å²) in [6.45, 7) is 20.2. The third-order valence-electron chi connectivity index (χ3n) is 17.4. The van der Waals surface area contributed by atoms with Gasteiger partial charge in [0.05, 0.1) is 25.9 Å². The lowest BCUT2D eigenvalue weighted by molar-refractivity contribution is -0.220. The SMILES string of the molecule is COC(=O)c1ccc(C2=CC[C@@]3(C)C(CC[C@]4(C)C3CC[C@@H]3C5[C@H](C)CC[C@]5(NCCN5C6CCCC5COC6)CC[C@]34C)C2(C)C)cc1. The van der Waals surface area contributed by atoms with Crippen LogP contribution in [0.5, 0.6) is 0 Å². The first kappa shape index (κ1) is 34.4. The normalized spacial score (nSPS) is 45.7. The number of morpholine rings is 1. The first-order valence-electron chi connectivity index (χ1n) is 20.4. The van der Waals surface area contributed by atoms with E-state index < -0.39 is 0 Å². The number of piperidine rings is 1. The summed E-state index contributed by atoms with van der Waals surface area (Å²) in [5.74, 6) is 3.61. The largest absolute Gasteiger partial charge is 0.465 e. The van der Waals surface area contributed by atoms with Crippen LogP contribution in [-0.2, 0) is 9.47 Å². The molecule has 5 aliphatic carbocycles. The number of esters is 1. The van der Waals surface area contributed by atoms with Crippen LogP contribution in [0, 0.1) is 51.2 Å². The van der Waals surface area contributed by atoms with Crippen molar-refractivity contribution in [3.05, 3.63) is 41.5 Å². The molecule has 4 saturated carbocycles. The maximum Gasteiger partial charge on any atom is 0.337 e. The number of methoxy groups -OCH3 is 1. The molecular formula is C44H66N2O3. The number of carbonyl (C=O) groups is 1. The standard InChI is InChI=1S/C44H66N2O3/c1-29-17-22-44(45-25-26-46-32-9-8-10-33(46)28-49-27-32)24-23-42(5)35(38(29)44)15-16-37-41(4)20-18-34(30-11-13-31(14-12-30)39(47)48-7)40(2,3)36(41)19-21-43(37,42)6/h11-14,18,29,32-33,35-38,45H,8-10,15-17,19-28H2,1-7H3/t29-,32?,33?,35-,36?,37?,38?,41+,42-,43-,44+/m1/s1. The number of carbonyl (C=O) groups excluding carboxylic acids is 1. The van der Waals surface area contributed by atoms with Gasteiger partial charge in [0.15, 0.2) is 0 Å². The molecule has 0 radical (unpaired) electrons. The molecule has 1 aromatic carbocycles. The van der Waals surface area contributed by atoms with Crippen LogP contribution < -0.4 is 5.32 Å². The number of fused-ring (bicyclic) bond motifs is 9. The Kier molecular flexibility index (Phi) is 8.56. The van der Waals surface area contributed by atoms with Crippen molar-refractivity contribution in [3.8, 4) is 0 Å². The van der Waals surface area contributed by atoms with Gasteiger partial charge in [0.25, 0.3) is 0 Å². The first-order valence-corrected chi connectivity index (χ1v) is 20.4. The molecule has 8 rings (SSSR count). The molecule has 2 bridgehead atoms. The van der Waals surface area contributed by atoms with Crippen LogP contribution in [0.2, 0.25) is 0 Å². The summed E-state index contributed by atoms with van der Waals surface area (Å²) < 4.78 is 11.0. The van der Waals surface area contributed by atoms with Crippen molar-refractivity contribution in [2.75, 3.05) is 33.4 Å². The van der Waals surface area contributed by atoms with Crippen LogP contribution in [-0.4, -0.2) is 61.9 Å². The molecule has 0 aromatic heterocycles. The average Bonchev–Trinajstić information content (AvgIpc) is 3.40. The zero-order valence-electron chi connectivity index (χ0n) is 31.9. The molecule has 5 unspecified atom stereocenters. The Morgan fingerprint density at radius 1 is 0.878 bits per heavy atom. The number of rotatable bonds is 6. The fraction of sp³-hybridized carbons (Fsp3) is 0.795. The fourth-order valence-corrected chi connectivity index (χ4v) is 15.0. The van der Waals surface area contributed by atoms with Crippen LogP contribution >= 0.6 is 0 Å². The molecule has 1 N–H and O–H groups in total. The van der Waals surface area contributed by atoms with Gasteiger partial charge in [-0.3, -0.25) is 4.90 Å². The van der Waals surface area contributed by atoms with E-state index in [9.17, 15) is 4.79 Å². The highest BCUT2D eigenvalue weighted by molar-refractivity contribution is 5.89. The summed E-state index contributed by atoms with van der Waals surface area (Å²) in [5.41, 5.74) is 4.89. The Morgan fingerprint density at radius 2 is 1.61 bits per heavy atom. The molecule has 2 heterocycles. The number of allylic oxidation sites excluding steroid dienone is 2. The fourth-order valence-electron chi connectivity index (χ4n) is 15.0. The lowest BCUT2D eigenvalue weighted by Crippen LogP contribution is -2.68. The zero-order chi connectivity index (χ0) is 34.4. The molecule has 0 spiro atoms. The van der Waals surface area contributed by atoms with Gasteiger partial charge in [-0.2, -0.15) is 0 Å². The van der Waals surface area contributed by atoms with E-state index in [1.807, 2.05) is 12.1 Å². The topological polar surface area (TPSA) is 50.8 Å². The quantitative estimate of drug-likeness (QED) is 0.306. The van der Waals surface area contributed by atoms with E-state index in [4.69, 9.17) is 9.47 Å². The van der Waals surface area contributed by atoms with Gasteiger partial charge < -0.3 is 14.8 Å². The molecule has 1 aromatic rings. The van der Waals surface area contributed by atoms with Gasteiger partial charge in [0.1, 0.15) is 0 Å². The molecule has 0 amide bonds. The summed E-state index contributed by atoms with van der Waals surface area (Å²) in [4.78, 5) is 15.0. The third kappa shape index (κ3) is 5.04. The van der Waals surface area contributed by atoms with Gasteiger partial charge in [0.2, 0.25) is 0 Å². The van der Waals surface area contributed by atoms with Crippen molar-refractivity contribution in [2.24, 2.45) is 51.2 Å². The minimum atomic E-state index is -0.260. The van der Waals surface area contributed by atoms with E-state index in [-0.39, 0.29) is 11.4 Å². The molecular weight excluding hydrogens is 604 g/mol. The Hall–Kier alpha value is -1.69. The van der Waals surface area contributed by atoms with Gasteiger partial charge in [0, 0.05) is 30.7 Å². The van der Waals surface area contributed by atoms with Crippen molar-refractivity contribution in [1.82, 2.24) is 10.2 Å². The maximum atomic E-state index is 12.1. The summed E-state index contributed by atoms with van der Waals surface area (Å²) >= 11 is 0. The summed E-state index contributed by atoms with van der Waals surface area (Å²) in [5, 5.41) is 4.38. The van der Waals surface area contributed by atoms with Crippen LogP contribution in [0.1, 0.15) is 135 Å². The van der Waals surface area contributed by atoms with Crippen molar-refractivity contribution in [1.29, 1.82) is 0 Å². The van der Waals surface area contributed by atoms with Crippen LogP contribution in [0.3, 0.4) is 0 Å². The number of benzene rings is 1. The zero-order valence-corrected chi connectivity index (χ0v) is 31.9. The second kappa shape index (κ2) is 12.2. The highest BCUT2D eigenvalue weighted by Gasteiger charge is 2.70. The first-order chi connectivity index (χ1) is 23.4. The summed E-state index contributed by atoms with van der Waals surface area (Å²) in [6.07, 6.45) is 18.8. The van der Waals surface area contributed by atoms with E-state index in [0.717, 1.165) is 43.4 Å². The molecule has 11 atom stereocenters. The molecule has 270 valence electrons. The second-order valence-electron chi connectivity index (χ2n) is 19.4.